The van der Waals surface area contributed by atoms with E-state index in [1.165, 1.54) is 11.3 Å². The Balaban J connectivity index is 1.61. The largest absolute Gasteiger partial charge is 0.379 e. The lowest BCUT2D eigenvalue weighted by atomic mass is 10.2. The van der Waals surface area contributed by atoms with Crippen LogP contribution in [0.1, 0.15) is 29.4 Å². The SMILES string of the molecule is CCn1nccc1C(=O)N(CCCN1CCOCC1)c1nc2c(C)c(Cl)ccc2s1. The van der Waals surface area contributed by atoms with E-state index >= 15 is 0 Å². The quantitative estimate of drug-likeness (QED) is 0.550. The molecule has 0 radical (unpaired) electrons. The Bertz CT molecular complexity index is 1030. The molecule has 7 nitrogen and oxygen atoms in total. The Morgan fingerprint density at radius 1 is 1.30 bits per heavy atom. The van der Waals surface area contributed by atoms with Gasteiger partial charge in [-0.3, -0.25) is 19.3 Å². The van der Waals surface area contributed by atoms with E-state index in [9.17, 15) is 4.79 Å². The number of ether oxygens (including phenoxy) is 1. The van der Waals surface area contributed by atoms with Crippen LogP contribution < -0.4 is 4.90 Å². The van der Waals surface area contributed by atoms with E-state index in [-0.39, 0.29) is 5.91 Å². The third kappa shape index (κ3) is 4.37. The van der Waals surface area contributed by atoms with E-state index in [2.05, 4.69) is 10.00 Å². The number of morpholine rings is 1. The van der Waals surface area contributed by atoms with Crippen LogP contribution in [-0.2, 0) is 11.3 Å². The van der Waals surface area contributed by atoms with Gasteiger partial charge in [-0.1, -0.05) is 22.9 Å². The number of nitrogens with zero attached hydrogens (tertiary/aromatic N) is 5. The molecule has 160 valence electrons. The standard InChI is InChI=1S/C21H26ClN5O2S/c1-3-27-17(7-8-23-27)20(28)26(10-4-9-25-11-13-29-14-12-25)21-24-19-15(2)16(22)5-6-18(19)30-21/h5-8H,3-4,9-14H2,1-2H3. The molecule has 3 heterocycles. The summed E-state index contributed by atoms with van der Waals surface area (Å²) in [7, 11) is 0. The van der Waals surface area contributed by atoms with Gasteiger partial charge in [0, 0.05) is 43.9 Å². The Labute approximate surface area is 185 Å². The highest BCUT2D eigenvalue weighted by Crippen LogP contribution is 2.34. The summed E-state index contributed by atoms with van der Waals surface area (Å²) in [5.41, 5.74) is 2.38. The minimum atomic E-state index is -0.0702. The zero-order valence-electron chi connectivity index (χ0n) is 17.3. The number of anilines is 1. The van der Waals surface area contributed by atoms with Crippen molar-refractivity contribution in [3.8, 4) is 0 Å². The summed E-state index contributed by atoms with van der Waals surface area (Å²) in [6.07, 6.45) is 2.53. The fourth-order valence-electron chi connectivity index (χ4n) is 3.67. The number of hydrogen-bond acceptors (Lipinski definition) is 6. The molecule has 1 aliphatic rings. The number of fused-ring (bicyclic) bond motifs is 1. The Morgan fingerprint density at radius 3 is 2.87 bits per heavy atom. The van der Waals surface area contributed by atoms with Crippen LogP contribution in [0.25, 0.3) is 10.2 Å². The third-order valence-electron chi connectivity index (χ3n) is 5.41. The minimum absolute atomic E-state index is 0.0702. The third-order valence-corrected chi connectivity index (χ3v) is 6.86. The van der Waals surface area contributed by atoms with Crippen molar-refractivity contribution in [2.75, 3.05) is 44.3 Å². The fraction of sp³-hybridized carbons (Fsp3) is 0.476. The maximum Gasteiger partial charge on any atom is 0.278 e. The topological polar surface area (TPSA) is 63.5 Å². The molecule has 0 aliphatic carbocycles. The normalized spacial score (nSPS) is 15.0. The first kappa shape index (κ1) is 21.2. The molecule has 1 amide bonds. The van der Waals surface area contributed by atoms with E-state index < -0.39 is 0 Å². The Morgan fingerprint density at radius 2 is 2.10 bits per heavy atom. The molecule has 1 saturated heterocycles. The lowest BCUT2D eigenvalue weighted by Gasteiger charge is -2.27. The summed E-state index contributed by atoms with van der Waals surface area (Å²) in [4.78, 5) is 22.4. The van der Waals surface area contributed by atoms with Crippen molar-refractivity contribution in [3.63, 3.8) is 0 Å². The van der Waals surface area contributed by atoms with Gasteiger partial charge in [-0.15, -0.1) is 0 Å². The fourth-order valence-corrected chi connectivity index (χ4v) is 4.87. The van der Waals surface area contributed by atoms with Crippen LogP contribution in [0.2, 0.25) is 5.02 Å². The van der Waals surface area contributed by atoms with Gasteiger partial charge in [-0.05, 0) is 44.0 Å². The van der Waals surface area contributed by atoms with Crippen LogP contribution in [0.4, 0.5) is 5.13 Å². The minimum Gasteiger partial charge on any atom is -0.379 e. The summed E-state index contributed by atoms with van der Waals surface area (Å²) in [5.74, 6) is -0.0702. The zero-order chi connectivity index (χ0) is 21.1. The second-order valence-corrected chi connectivity index (χ2v) is 8.73. The number of aryl methyl sites for hydroxylation is 2. The lowest BCUT2D eigenvalue weighted by Crippen LogP contribution is -2.39. The van der Waals surface area contributed by atoms with Gasteiger partial charge in [0.05, 0.1) is 23.4 Å². The summed E-state index contributed by atoms with van der Waals surface area (Å²) >= 11 is 7.81. The van der Waals surface area contributed by atoms with Crippen LogP contribution in [-0.4, -0.2) is 65.0 Å². The smallest absolute Gasteiger partial charge is 0.278 e. The van der Waals surface area contributed by atoms with Crippen molar-refractivity contribution in [1.29, 1.82) is 0 Å². The van der Waals surface area contributed by atoms with Gasteiger partial charge in [0.25, 0.3) is 5.91 Å². The predicted octanol–water partition coefficient (Wildman–Crippen LogP) is 3.84. The molecule has 1 aromatic carbocycles. The number of halogens is 1. The van der Waals surface area contributed by atoms with Gasteiger partial charge in [-0.25, -0.2) is 4.98 Å². The van der Waals surface area contributed by atoms with Crippen LogP contribution in [0.15, 0.2) is 24.4 Å². The van der Waals surface area contributed by atoms with E-state index in [1.54, 1.807) is 21.8 Å². The number of benzene rings is 1. The maximum atomic E-state index is 13.5. The monoisotopic (exact) mass is 447 g/mol. The van der Waals surface area contributed by atoms with E-state index in [0.29, 0.717) is 28.9 Å². The van der Waals surface area contributed by atoms with Crippen molar-refractivity contribution < 1.29 is 9.53 Å². The van der Waals surface area contributed by atoms with Crippen molar-refractivity contribution in [2.24, 2.45) is 0 Å². The van der Waals surface area contributed by atoms with Crippen LogP contribution >= 0.6 is 22.9 Å². The van der Waals surface area contributed by atoms with Gasteiger partial charge < -0.3 is 4.74 Å². The van der Waals surface area contributed by atoms with E-state index in [0.717, 1.165) is 55.0 Å². The first-order valence-electron chi connectivity index (χ1n) is 10.3. The average molecular weight is 448 g/mol. The van der Waals surface area contributed by atoms with Gasteiger partial charge in [0.15, 0.2) is 5.13 Å². The number of carbonyl (C=O) groups is 1. The second kappa shape index (κ2) is 9.43. The van der Waals surface area contributed by atoms with Crippen LogP contribution in [0.5, 0.6) is 0 Å². The molecule has 1 fully saturated rings. The van der Waals surface area contributed by atoms with E-state index in [1.807, 2.05) is 26.0 Å². The Hall–Kier alpha value is -2.00. The van der Waals surface area contributed by atoms with Gasteiger partial charge in [-0.2, -0.15) is 5.10 Å². The summed E-state index contributed by atoms with van der Waals surface area (Å²) in [6.45, 7) is 9.54. The number of carbonyl (C=O) groups excluding carboxylic acids is 1. The number of aromatic nitrogens is 3. The number of hydrogen-bond donors (Lipinski definition) is 0. The molecule has 30 heavy (non-hydrogen) atoms. The molecular formula is C21H26ClN5O2S. The molecule has 9 heteroatoms. The molecule has 3 aromatic rings. The van der Waals surface area contributed by atoms with Crippen molar-refractivity contribution in [1.82, 2.24) is 19.7 Å². The lowest BCUT2D eigenvalue weighted by molar-refractivity contribution is 0.0376. The van der Waals surface area contributed by atoms with Gasteiger partial charge in [0.2, 0.25) is 0 Å². The van der Waals surface area contributed by atoms with Gasteiger partial charge in [0.1, 0.15) is 5.69 Å². The van der Waals surface area contributed by atoms with Crippen LogP contribution in [0.3, 0.4) is 0 Å². The average Bonchev–Trinajstić information content (AvgIpc) is 3.41. The number of thiazole rings is 1. The maximum absolute atomic E-state index is 13.5. The number of rotatable bonds is 7. The molecule has 4 rings (SSSR count). The van der Waals surface area contributed by atoms with Crippen molar-refractivity contribution >= 4 is 44.2 Å². The summed E-state index contributed by atoms with van der Waals surface area (Å²) < 4.78 is 8.19. The van der Waals surface area contributed by atoms with Crippen molar-refractivity contribution in [3.05, 3.63) is 40.7 Å². The Kier molecular flexibility index (Phi) is 6.67. The highest BCUT2D eigenvalue weighted by molar-refractivity contribution is 7.22. The molecule has 1 aliphatic heterocycles. The zero-order valence-corrected chi connectivity index (χ0v) is 18.9. The molecular weight excluding hydrogens is 422 g/mol. The molecule has 2 aromatic heterocycles. The highest BCUT2D eigenvalue weighted by Gasteiger charge is 2.24. The molecule has 0 spiro atoms. The van der Waals surface area contributed by atoms with E-state index in [4.69, 9.17) is 21.3 Å². The molecule has 0 N–H and O–H groups in total. The predicted molar refractivity (Wildman–Crippen MR) is 121 cm³/mol. The van der Waals surface area contributed by atoms with Crippen LogP contribution in [0, 0.1) is 6.92 Å². The second-order valence-electron chi connectivity index (χ2n) is 7.31. The first-order valence-corrected chi connectivity index (χ1v) is 11.5. The summed E-state index contributed by atoms with van der Waals surface area (Å²) in [6, 6.07) is 5.63. The molecule has 0 atom stereocenters. The van der Waals surface area contributed by atoms with Gasteiger partial charge >= 0.3 is 0 Å². The molecule has 0 bridgehead atoms. The molecule has 0 saturated carbocycles. The number of amides is 1. The first-order chi connectivity index (χ1) is 14.6. The summed E-state index contributed by atoms with van der Waals surface area (Å²) in [5, 5.41) is 5.66. The molecule has 0 unspecified atom stereocenters. The van der Waals surface area contributed by atoms with Crippen molar-refractivity contribution in [2.45, 2.75) is 26.8 Å². The highest BCUT2D eigenvalue weighted by atomic mass is 35.5.